The van der Waals surface area contributed by atoms with Crippen molar-refractivity contribution < 1.29 is 28.3 Å². The predicted molar refractivity (Wildman–Crippen MR) is 107 cm³/mol. The summed E-state index contributed by atoms with van der Waals surface area (Å²) in [6.07, 6.45) is 1.31. The van der Waals surface area contributed by atoms with Crippen molar-refractivity contribution in [3.63, 3.8) is 0 Å². The SMILES string of the molecule is CCOC(=O)c1sc(NC(=O)NN=Cc2ccc(Br)o2)c(C(=O)OCC)c1C. The number of anilines is 1. The minimum absolute atomic E-state index is 0.101. The molecule has 9 nitrogen and oxygen atoms in total. The normalized spacial score (nSPS) is 10.7. The first kappa shape index (κ1) is 21.6. The van der Waals surface area contributed by atoms with Crippen molar-refractivity contribution in [1.29, 1.82) is 0 Å². The molecule has 2 aromatic rings. The Morgan fingerprint density at radius 1 is 1.21 bits per heavy atom. The van der Waals surface area contributed by atoms with E-state index in [0.717, 1.165) is 11.3 Å². The van der Waals surface area contributed by atoms with Crippen LogP contribution in [0.15, 0.2) is 26.3 Å². The number of halogens is 1. The summed E-state index contributed by atoms with van der Waals surface area (Å²) in [5, 5.41) is 6.42. The molecule has 150 valence electrons. The first-order valence-electron chi connectivity index (χ1n) is 8.20. The molecule has 0 unspecified atom stereocenters. The van der Waals surface area contributed by atoms with E-state index in [2.05, 4.69) is 31.8 Å². The molecule has 0 fully saturated rings. The molecule has 2 heterocycles. The Kier molecular flexibility index (Phi) is 7.76. The molecular formula is C17H18BrN3O6S. The summed E-state index contributed by atoms with van der Waals surface area (Å²) in [5.74, 6) is -0.799. The highest BCUT2D eigenvalue weighted by atomic mass is 79.9. The van der Waals surface area contributed by atoms with E-state index in [1.54, 1.807) is 32.9 Å². The third kappa shape index (κ3) is 5.42. The van der Waals surface area contributed by atoms with Crippen LogP contribution in [0.3, 0.4) is 0 Å². The van der Waals surface area contributed by atoms with Gasteiger partial charge in [-0.05, 0) is 54.4 Å². The highest BCUT2D eigenvalue weighted by Crippen LogP contribution is 2.34. The highest BCUT2D eigenvalue weighted by Gasteiger charge is 2.27. The molecule has 11 heteroatoms. The Labute approximate surface area is 173 Å². The van der Waals surface area contributed by atoms with Crippen molar-refractivity contribution >= 4 is 56.5 Å². The van der Waals surface area contributed by atoms with Gasteiger partial charge in [-0.1, -0.05) is 0 Å². The van der Waals surface area contributed by atoms with Gasteiger partial charge in [-0.3, -0.25) is 5.32 Å². The van der Waals surface area contributed by atoms with Gasteiger partial charge in [0, 0.05) is 0 Å². The number of hydrogen-bond donors (Lipinski definition) is 2. The van der Waals surface area contributed by atoms with E-state index in [-0.39, 0.29) is 28.7 Å². The van der Waals surface area contributed by atoms with Crippen LogP contribution in [-0.4, -0.2) is 37.4 Å². The van der Waals surface area contributed by atoms with Crippen molar-refractivity contribution in [2.75, 3.05) is 18.5 Å². The fourth-order valence-corrected chi connectivity index (χ4v) is 3.53. The molecular weight excluding hydrogens is 454 g/mol. The van der Waals surface area contributed by atoms with Gasteiger partial charge in [0.2, 0.25) is 0 Å². The maximum absolute atomic E-state index is 12.3. The minimum atomic E-state index is -0.705. The minimum Gasteiger partial charge on any atom is -0.462 e. The number of urea groups is 1. The van der Waals surface area contributed by atoms with Crippen molar-refractivity contribution in [2.24, 2.45) is 5.10 Å². The lowest BCUT2D eigenvalue weighted by atomic mass is 10.1. The Morgan fingerprint density at radius 3 is 2.50 bits per heavy atom. The second kappa shape index (κ2) is 10.0. The molecule has 0 saturated heterocycles. The number of thiophene rings is 1. The summed E-state index contributed by atoms with van der Waals surface area (Å²) in [4.78, 5) is 36.7. The quantitative estimate of drug-likeness (QED) is 0.358. The van der Waals surface area contributed by atoms with Crippen LogP contribution in [0.25, 0.3) is 0 Å². The first-order valence-corrected chi connectivity index (χ1v) is 9.81. The summed E-state index contributed by atoms with van der Waals surface area (Å²) in [6, 6.07) is 2.63. The number of nitrogens with one attached hydrogen (secondary N) is 2. The number of esters is 2. The van der Waals surface area contributed by atoms with E-state index in [9.17, 15) is 14.4 Å². The second-order valence-corrected chi connectivity index (χ2v) is 6.97. The van der Waals surface area contributed by atoms with E-state index in [0.29, 0.717) is 16.0 Å². The maximum Gasteiger partial charge on any atom is 0.348 e. The molecule has 0 atom stereocenters. The first-order chi connectivity index (χ1) is 13.4. The average Bonchev–Trinajstić information content (AvgIpc) is 3.18. The van der Waals surface area contributed by atoms with Crippen LogP contribution in [0, 0.1) is 6.92 Å². The lowest BCUT2D eigenvalue weighted by Gasteiger charge is -2.06. The van der Waals surface area contributed by atoms with Crippen LogP contribution < -0.4 is 10.7 Å². The second-order valence-electron chi connectivity index (χ2n) is 5.17. The zero-order valence-electron chi connectivity index (χ0n) is 15.3. The van der Waals surface area contributed by atoms with Gasteiger partial charge in [-0.15, -0.1) is 11.3 Å². The summed E-state index contributed by atoms with van der Waals surface area (Å²) in [5.41, 5.74) is 2.73. The third-order valence-corrected chi connectivity index (χ3v) is 4.88. The van der Waals surface area contributed by atoms with Gasteiger partial charge in [0.25, 0.3) is 0 Å². The van der Waals surface area contributed by atoms with Crippen molar-refractivity contribution in [3.05, 3.63) is 38.6 Å². The van der Waals surface area contributed by atoms with Crippen molar-refractivity contribution in [3.8, 4) is 0 Å². The number of furan rings is 1. The van der Waals surface area contributed by atoms with Crippen LogP contribution in [0.4, 0.5) is 9.80 Å². The lowest BCUT2D eigenvalue weighted by molar-refractivity contribution is 0.0527. The molecule has 0 aromatic carbocycles. The van der Waals surface area contributed by atoms with Gasteiger partial charge in [-0.2, -0.15) is 5.10 Å². The number of ether oxygens (including phenoxy) is 2. The van der Waals surface area contributed by atoms with E-state index in [1.807, 2.05) is 0 Å². The van der Waals surface area contributed by atoms with Gasteiger partial charge in [0.1, 0.15) is 15.6 Å². The van der Waals surface area contributed by atoms with E-state index < -0.39 is 18.0 Å². The van der Waals surface area contributed by atoms with Crippen LogP contribution in [0.5, 0.6) is 0 Å². The molecule has 2 rings (SSSR count). The number of hydrazone groups is 1. The number of carbonyl (C=O) groups excluding carboxylic acids is 3. The zero-order chi connectivity index (χ0) is 20.7. The van der Waals surface area contributed by atoms with Gasteiger partial charge >= 0.3 is 18.0 Å². The Morgan fingerprint density at radius 2 is 1.89 bits per heavy atom. The number of hydrogen-bond acceptors (Lipinski definition) is 8. The standard InChI is InChI=1S/C17H18BrN3O6S/c1-4-25-15(22)12-9(3)13(16(23)26-5-2)28-14(12)20-17(24)21-19-8-10-6-7-11(18)27-10/h6-8H,4-5H2,1-3H3,(H2,20,21,24). The van der Waals surface area contributed by atoms with E-state index in [1.165, 1.54) is 6.21 Å². The highest BCUT2D eigenvalue weighted by molar-refractivity contribution is 9.10. The Balaban J connectivity index is 2.18. The van der Waals surface area contributed by atoms with Crippen LogP contribution in [-0.2, 0) is 9.47 Å². The number of nitrogens with zero attached hydrogens (tertiary/aromatic N) is 1. The predicted octanol–water partition coefficient (Wildman–Crippen LogP) is 3.92. The van der Waals surface area contributed by atoms with Gasteiger partial charge in [0.15, 0.2) is 4.67 Å². The van der Waals surface area contributed by atoms with Gasteiger partial charge in [-0.25, -0.2) is 19.8 Å². The monoisotopic (exact) mass is 471 g/mol. The van der Waals surface area contributed by atoms with Crippen LogP contribution in [0.1, 0.15) is 45.2 Å². The molecule has 28 heavy (non-hydrogen) atoms. The van der Waals surface area contributed by atoms with Crippen LogP contribution in [0.2, 0.25) is 0 Å². The third-order valence-electron chi connectivity index (χ3n) is 3.27. The van der Waals surface area contributed by atoms with Gasteiger partial charge in [0.05, 0.1) is 25.0 Å². The molecule has 0 aliphatic rings. The molecule has 0 aliphatic heterocycles. The Hall–Kier alpha value is -2.66. The van der Waals surface area contributed by atoms with Crippen molar-refractivity contribution in [2.45, 2.75) is 20.8 Å². The summed E-state index contributed by atoms with van der Waals surface area (Å²) >= 11 is 4.08. The number of rotatable bonds is 7. The molecule has 0 radical (unpaired) electrons. The summed E-state index contributed by atoms with van der Waals surface area (Å²) in [6.45, 7) is 5.26. The zero-order valence-corrected chi connectivity index (χ0v) is 17.7. The Bertz CT molecular complexity index is 905. The average molecular weight is 472 g/mol. The fourth-order valence-electron chi connectivity index (χ4n) is 2.13. The molecule has 2 N–H and O–H groups in total. The largest absolute Gasteiger partial charge is 0.462 e. The smallest absolute Gasteiger partial charge is 0.348 e. The number of carbonyl (C=O) groups is 3. The summed E-state index contributed by atoms with van der Waals surface area (Å²) < 4.78 is 15.8. The van der Waals surface area contributed by atoms with E-state index >= 15 is 0 Å². The molecule has 2 aromatic heterocycles. The van der Waals surface area contributed by atoms with Crippen LogP contribution >= 0.6 is 27.3 Å². The van der Waals surface area contributed by atoms with Crippen molar-refractivity contribution in [1.82, 2.24) is 5.43 Å². The lowest BCUT2D eigenvalue weighted by Crippen LogP contribution is -2.24. The summed E-state index contributed by atoms with van der Waals surface area (Å²) in [7, 11) is 0. The number of amides is 2. The van der Waals surface area contributed by atoms with E-state index in [4.69, 9.17) is 13.9 Å². The maximum atomic E-state index is 12.3. The molecule has 0 saturated carbocycles. The molecule has 2 amide bonds. The topological polar surface area (TPSA) is 119 Å². The molecule has 0 bridgehead atoms. The fraction of sp³-hybridized carbons (Fsp3) is 0.294. The molecule has 0 aliphatic carbocycles. The molecule has 0 spiro atoms. The van der Waals surface area contributed by atoms with Gasteiger partial charge < -0.3 is 13.9 Å².